The first-order valence-corrected chi connectivity index (χ1v) is 11.9. The van der Waals surface area contributed by atoms with E-state index in [1.807, 2.05) is 12.4 Å². The summed E-state index contributed by atoms with van der Waals surface area (Å²) in [4.78, 5) is 22.2. The molecule has 1 aromatic rings. The Labute approximate surface area is 176 Å². The monoisotopic (exact) mass is 398 g/mol. The molecule has 3 fully saturated rings. The molecule has 5 heteroatoms. The van der Waals surface area contributed by atoms with Crippen molar-refractivity contribution in [1.82, 2.24) is 20.1 Å². The van der Waals surface area contributed by atoms with Gasteiger partial charge >= 0.3 is 0 Å². The summed E-state index contributed by atoms with van der Waals surface area (Å²) in [6.07, 6.45) is 16.0. The summed E-state index contributed by atoms with van der Waals surface area (Å²) in [6.45, 7) is 5.47. The van der Waals surface area contributed by atoms with Gasteiger partial charge < -0.3 is 5.32 Å². The average molecular weight is 399 g/mol. The third-order valence-electron chi connectivity index (χ3n) is 7.25. The minimum Gasteiger partial charge on any atom is -0.353 e. The van der Waals surface area contributed by atoms with Crippen LogP contribution in [-0.2, 0) is 11.3 Å². The van der Waals surface area contributed by atoms with E-state index in [2.05, 4.69) is 32.2 Å². The topological polar surface area (TPSA) is 48.5 Å². The van der Waals surface area contributed by atoms with Crippen LogP contribution in [0.2, 0.25) is 0 Å². The highest BCUT2D eigenvalue weighted by molar-refractivity contribution is 5.79. The van der Waals surface area contributed by atoms with Crippen molar-refractivity contribution in [3.8, 4) is 0 Å². The maximum atomic E-state index is 12.9. The molecule has 0 bridgehead atoms. The van der Waals surface area contributed by atoms with E-state index in [1.165, 1.54) is 69.9 Å². The zero-order valence-electron chi connectivity index (χ0n) is 17.9. The molecule has 0 spiro atoms. The molecule has 0 unspecified atom stereocenters. The Balaban J connectivity index is 1.23. The Hall–Kier alpha value is -1.46. The van der Waals surface area contributed by atoms with Gasteiger partial charge in [-0.05, 0) is 75.9 Å². The number of aromatic nitrogens is 1. The number of carbonyl (C=O) groups excluding carboxylic acids is 1. The minimum absolute atomic E-state index is 0.196. The number of likely N-dealkylation sites (tertiary alicyclic amines) is 2. The molecule has 160 valence electrons. The van der Waals surface area contributed by atoms with E-state index in [1.54, 1.807) is 0 Å². The Kier molecular flexibility index (Phi) is 7.55. The molecule has 0 radical (unpaired) electrons. The molecule has 2 aliphatic heterocycles. The quantitative estimate of drug-likeness (QED) is 0.770. The van der Waals surface area contributed by atoms with E-state index in [4.69, 9.17) is 0 Å². The van der Waals surface area contributed by atoms with Crippen LogP contribution in [0.3, 0.4) is 0 Å². The first-order chi connectivity index (χ1) is 14.3. The predicted octanol–water partition coefficient (Wildman–Crippen LogP) is 3.60. The van der Waals surface area contributed by atoms with Crippen LogP contribution in [0, 0.1) is 5.92 Å². The zero-order valence-corrected chi connectivity index (χ0v) is 17.9. The van der Waals surface area contributed by atoms with Crippen molar-refractivity contribution in [3.05, 3.63) is 30.1 Å². The van der Waals surface area contributed by atoms with Gasteiger partial charge in [0.2, 0.25) is 5.91 Å². The number of nitrogens with zero attached hydrogens (tertiary/aromatic N) is 3. The summed E-state index contributed by atoms with van der Waals surface area (Å²) in [5.74, 6) is 0.526. The number of carbonyl (C=O) groups is 1. The van der Waals surface area contributed by atoms with Crippen molar-refractivity contribution in [1.29, 1.82) is 0 Å². The molecule has 4 rings (SSSR count). The maximum Gasteiger partial charge on any atom is 0.224 e. The van der Waals surface area contributed by atoms with Crippen molar-refractivity contribution < 1.29 is 4.79 Å². The van der Waals surface area contributed by atoms with E-state index in [9.17, 15) is 4.79 Å². The van der Waals surface area contributed by atoms with Crippen LogP contribution >= 0.6 is 0 Å². The predicted molar refractivity (Wildman–Crippen MR) is 116 cm³/mol. The fourth-order valence-corrected chi connectivity index (χ4v) is 5.48. The van der Waals surface area contributed by atoms with Gasteiger partial charge in [0.1, 0.15) is 0 Å². The van der Waals surface area contributed by atoms with Crippen LogP contribution in [0.15, 0.2) is 24.5 Å². The van der Waals surface area contributed by atoms with Crippen molar-refractivity contribution in [2.24, 2.45) is 5.92 Å². The minimum atomic E-state index is 0.196. The smallest absolute Gasteiger partial charge is 0.224 e. The van der Waals surface area contributed by atoms with Gasteiger partial charge in [-0.15, -0.1) is 0 Å². The summed E-state index contributed by atoms with van der Waals surface area (Å²) in [5.41, 5.74) is 1.35. The number of hydrogen-bond donors (Lipinski definition) is 1. The lowest BCUT2D eigenvalue weighted by molar-refractivity contribution is -0.128. The number of piperidine rings is 2. The largest absolute Gasteiger partial charge is 0.353 e. The van der Waals surface area contributed by atoms with Crippen molar-refractivity contribution in [2.75, 3.05) is 26.2 Å². The average Bonchev–Trinajstić information content (AvgIpc) is 3.04. The molecule has 1 aromatic heterocycles. The summed E-state index contributed by atoms with van der Waals surface area (Å²) < 4.78 is 0. The lowest BCUT2D eigenvalue weighted by Gasteiger charge is -2.42. The Morgan fingerprint density at radius 2 is 1.66 bits per heavy atom. The molecule has 1 amide bonds. The van der Waals surface area contributed by atoms with E-state index in [0.29, 0.717) is 18.0 Å². The standard InChI is InChI=1S/C24H38N4O/c29-24(26-22-7-3-1-2-4-8-22)21-6-5-15-28(19-21)23-11-16-27(17-12-23)18-20-9-13-25-14-10-20/h9-10,13-14,21-23H,1-8,11-12,15-19H2,(H,26,29)/t21-/m1/s1. The molecule has 1 saturated carbocycles. The normalized spacial score (nSPS) is 26.1. The number of rotatable bonds is 5. The second-order valence-electron chi connectivity index (χ2n) is 9.39. The van der Waals surface area contributed by atoms with Crippen molar-refractivity contribution in [2.45, 2.75) is 82.8 Å². The number of hydrogen-bond acceptors (Lipinski definition) is 4. The molecule has 1 N–H and O–H groups in total. The summed E-state index contributed by atoms with van der Waals surface area (Å²) in [7, 11) is 0. The van der Waals surface area contributed by atoms with Gasteiger partial charge in [0, 0.05) is 37.6 Å². The highest BCUT2D eigenvalue weighted by Gasteiger charge is 2.32. The number of amides is 1. The van der Waals surface area contributed by atoms with Crippen LogP contribution in [-0.4, -0.2) is 59.0 Å². The van der Waals surface area contributed by atoms with Gasteiger partial charge in [-0.1, -0.05) is 25.7 Å². The third kappa shape index (κ3) is 6.02. The van der Waals surface area contributed by atoms with E-state index in [0.717, 1.165) is 32.6 Å². The molecule has 5 nitrogen and oxygen atoms in total. The summed E-state index contributed by atoms with van der Waals surface area (Å²) >= 11 is 0. The molecule has 3 heterocycles. The molecule has 1 atom stereocenters. The summed E-state index contributed by atoms with van der Waals surface area (Å²) in [5, 5.41) is 3.41. The molecule has 29 heavy (non-hydrogen) atoms. The Morgan fingerprint density at radius 3 is 2.38 bits per heavy atom. The van der Waals surface area contributed by atoms with Gasteiger partial charge in [-0.25, -0.2) is 0 Å². The zero-order chi connectivity index (χ0) is 19.9. The Bertz CT molecular complexity index is 621. The SMILES string of the molecule is O=C(NC1CCCCCC1)[C@@H]1CCCN(C2CCN(Cc3ccncc3)CC2)C1. The first-order valence-electron chi connectivity index (χ1n) is 11.9. The van der Waals surface area contributed by atoms with Gasteiger partial charge in [-0.3, -0.25) is 19.6 Å². The molecule has 1 aliphatic carbocycles. The molecule has 2 saturated heterocycles. The van der Waals surface area contributed by atoms with E-state index < -0.39 is 0 Å². The third-order valence-corrected chi connectivity index (χ3v) is 7.25. The molecular weight excluding hydrogens is 360 g/mol. The van der Waals surface area contributed by atoms with Gasteiger partial charge in [0.25, 0.3) is 0 Å². The fraction of sp³-hybridized carbons (Fsp3) is 0.750. The second-order valence-corrected chi connectivity index (χ2v) is 9.39. The molecule has 3 aliphatic rings. The van der Waals surface area contributed by atoms with Crippen LogP contribution in [0.1, 0.15) is 69.8 Å². The number of pyridine rings is 1. The van der Waals surface area contributed by atoms with E-state index >= 15 is 0 Å². The lowest BCUT2D eigenvalue weighted by atomic mass is 9.92. The fourth-order valence-electron chi connectivity index (χ4n) is 5.48. The Morgan fingerprint density at radius 1 is 0.931 bits per heavy atom. The lowest BCUT2D eigenvalue weighted by Crippen LogP contribution is -2.51. The summed E-state index contributed by atoms with van der Waals surface area (Å²) in [6, 6.07) is 5.32. The number of nitrogens with one attached hydrogen (secondary N) is 1. The first kappa shape index (κ1) is 20.8. The maximum absolute atomic E-state index is 12.9. The van der Waals surface area contributed by atoms with Crippen molar-refractivity contribution >= 4 is 5.91 Å². The van der Waals surface area contributed by atoms with Crippen molar-refractivity contribution in [3.63, 3.8) is 0 Å². The van der Waals surface area contributed by atoms with E-state index in [-0.39, 0.29) is 5.92 Å². The second kappa shape index (κ2) is 10.5. The van der Waals surface area contributed by atoms with Crippen LogP contribution in [0.4, 0.5) is 0 Å². The van der Waals surface area contributed by atoms with Crippen LogP contribution in [0.25, 0.3) is 0 Å². The molecule has 0 aromatic carbocycles. The molecular formula is C24H38N4O. The van der Waals surface area contributed by atoms with Crippen LogP contribution < -0.4 is 5.32 Å². The van der Waals surface area contributed by atoms with Gasteiger partial charge in [0.05, 0.1) is 5.92 Å². The van der Waals surface area contributed by atoms with Gasteiger partial charge in [0.15, 0.2) is 0 Å². The van der Waals surface area contributed by atoms with Crippen LogP contribution in [0.5, 0.6) is 0 Å². The van der Waals surface area contributed by atoms with Gasteiger partial charge in [-0.2, -0.15) is 0 Å². The highest BCUT2D eigenvalue weighted by Crippen LogP contribution is 2.25. The highest BCUT2D eigenvalue weighted by atomic mass is 16.2.